The Kier molecular flexibility index (Phi) is 5.96. The summed E-state index contributed by atoms with van der Waals surface area (Å²) in [6.45, 7) is 1.66. The van der Waals surface area contributed by atoms with Crippen molar-refractivity contribution in [3.05, 3.63) is 66.5 Å². The van der Waals surface area contributed by atoms with E-state index in [9.17, 15) is 15.3 Å². The van der Waals surface area contributed by atoms with Gasteiger partial charge in [0.05, 0.1) is 32.7 Å². The van der Waals surface area contributed by atoms with Crippen LogP contribution < -0.4 is 10.6 Å². The van der Waals surface area contributed by atoms with Gasteiger partial charge in [-0.05, 0) is 44.0 Å². The van der Waals surface area contributed by atoms with Crippen molar-refractivity contribution in [1.29, 1.82) is 0 Å². The number of aromatic nitrogens is 4. The molecule has 37 heavy (non-hydrogen) atoms. The number of para-hydroxylation sites is 2. The Bertz CT molecular complexity index is 1570. The Morgan fingerprint density at radius 2 is 1.89 bits per heavy atom. The Labute approximate surface area is 216 Å². The molecule has 2 aromatic carbocycles. The molecule has 0 aliphatic heterocycles. The summed E-state index contributed by atoms with van der Waals surface area (Å²) < 4.78 is 1.02. The number of thiazole rings is 1. The standard InChI is InChI=1S/C27H26N6O3S/c1-15-21(25-30-18-8-2-3-10-20(18)37-25)24(33-27(36)12-11-17(14-34)23(27)35)32-26(29-15)31-19-9-4-6-16-7-5-13-28-22(16)19/h2-10,13,17,23,34-36H,11-12,14H2,1H3,(H2,29,31,32,33). The minimum absolute atomic E-state index is 0.209. The number of hydrogen-bond donors (Lipinski definition) is 5. The molecule has 1 aliphatic rings. The van der Waals surface area contributed by atoms with Crippen LogP contribution in [0.1, 0.15) is 18.5 Å². The van der Waals surface area contributed by atoms with E-state index in [1.165, 1.54) is 11.3 Å². The quantitative estimate of drug-likeness (QED) is 0.211. The zero-order valence-electron chi connectivity index (χ0n) is 20.1. The smallest absolute Gasteiger partial charge is 0.229 e. The maximum absolute atomic E-state index is 11.4. The molecule has 3 aromatic heterocycles. The molecule has 10 heteroatoms. The van der Waals surface area contributed by atoms with Gasteiger partial charge in [-0.15, -0.1) is 11.3 Å². The first-order chi connectivity index (χ1) is 17.9. The molecule has 5 aromatic rings. The highest BCUT2D eigenvalue weighted by atomic mass is 32.1. The molecule has 188 valence electrons. The Morgan fingerprint density at radius 1 is 1.05 bits per heavy atom. The fraction of sp³-hybridized carbons (Fsp3) is 0.259. The van der Waals surface area contributed by atoms with Gasteiger partial charge in [0.1, 0.15) is 16.9 Å². The highest BCUT2D eigenvalue weighted by molar-refractivity contribution is 7.21. The van der Waals surface area contributed by atoms with Crippen molar-refractivity contribution >= 4 is 49.9 Å². The highest BCUT2D eigenvalue weighted by Gasteiger charge is 2.47. The summed E-state index contributed by atoms with van der Waals surface area (Å²) in [5.74, 6) is 0.242. The lowest BCUT2D eigenvalue weighted by Gasteiger charge is -2.31. The van der Waals surface area contributed by atoms with Crippen LogP contribution in [-0.2, 0) is 0 Å². The fourth-order valence-corrected chi connectivity index (χ4v) is 5.98. The average molecular weight is 515 g/mol. The third kappa shape index (κ3) is 4.27. The van der Waals surface area contributed by atoms with Gasteiger partial charge in [0, 0.05) is 24.1 Å². The Balaban J connectivity index is 1.46. The number of pyridine rings is 1. The van der Waals surface area contributed by atoms with Crippen molar-refractivity contribution in [3.8, 4) is 10.6 Å². The molecule has 0 bridgehead atoms. The van der Waals surface area contributed by atoms with Crippen LogP contribution in [0.5, 0.6) is 0 Å². The molecule has 5 N–H and O–H groups in total. The second-order valence-electron chi connectivity index (χ2n) is 9.32. The lowest BCUT2D eigenvalue weighted by molar-refractivity contribution is -0.0545. The van der Waals surface area contributed by atoms with Gasteiger partial charge in [-0.2, -0.15) is 4.98 Å². The van der Waals surface area contributed by atoms with E-state index in [0.717, 1.165) is 26.8 Å². The molecule has 0 amide bonds. The van der Waals surface area contributed by atoms with Crippen molar-refractivity contribution < 1.29 is 15.3 Å². The number of aliphatic hydroxyl groups is 3. The zero-order valence-corrected chi connectivity index (χ0v) is 20.9. The SMILES string of the molecule is Cc1nc(Nc2cccc3cccnc23)nc(NC2(O)CCC(CO)C2O)c1-c1nc2ccccc2s1. The maximum Gasteiger partial charge on any atom is 0.229 e. The largest absolute Gasteiger partial charge is 0.396 e. The fourth-order valence-electron chi connectivity index (χ4n) is 4.91. The number of aliphatic hydroxyl groups excluding tert-OH is 2. The van der Waals surface area contributed by atoms with Gasteiger partial charge in [-0.1, -0.05) is 30.3 Å². The first-order valence-electron chi connectivity index (χ1n) is 12.1. The monoisotopic (exact) mass is 514 g/mol. The summed E-state index contributed by atoms with van der Waals surface area (Å²) in [7, 11) is 0. The van der Waals surface area contributed by atoms with Crippen LogP contribution in [0.4, 0.5) is 17.5 Å². The number of hydrogen-bond acceptors (Lipinski definition) is 10. The van der Waals surface area contributed by atoms with E-state index in [-0.39, 0.29) is 13.0 Å². The lowest BCUT2D eigenvalue weighted by Crippen LogP contribution is -2.48. The van der Waals surface area contributed by atoms with E-state index in [2.05, 4.69) is 15.6 Å². The predicted molar refractivity (Wildman–Crippen MR) is 145 cm³/mol. The van der Waals surface area contributed by atoms with Crippen LogP contribution in [0.2, 0.25) is 0 Å². The average Bonchev–Trinajstić information content (AvgIpc) is 3.44. The summed E-state index contributed by atoms with van der Waals surface area (Å²) >= 11 is 1.51. The van der Waals surface area contributed by atoms with Crippen LogP contribution in [-0.4, -0.2) is 53.7 Å². The molecule has 0 saturated heterocycles. The Morgan fingerprint density at radius 3 is 2.70 bits per heavy atom. The van der Waals surface area contributed by atoms with E-state index in [4.69, 9.17) is 15.0 Å². The number of anilines is 3. The molecule has 1 aliphatic carbocycles. The number of rotatable bonds is 6. The number of nitrogens with zero attached hydrogens (tertiary/aromatic N) is 4. The van der Waals surface area contributed by atoms with Crippen molar-refractivity contribution in [2.45, 2.75) is 31.6 Å². The zero-order chi connectivity index (χ0) is 25.6. The number of aryl methyl sites for hydroxylation is 1. The molecule has 3 heterocycles. The van der Waals surface area contributed by atoms with E-state index in [0.29, 0.717) is 34.5 Å². The van der Waals surface area contributed by atoms with E-state index >= 15 is 0 Å². The summed E-state index contributed by atoms with van der Waals surface area (Å²) in [5.41, 5.74) is 2.04. The van der Waals surface area contributed by atoms with E-state index < -0.39 is 17.7 Å². The molecular formula is C27H26N6O3S. The van der Waals surface area contributed by atoms with Gasteiger partial charge >= 0.3 is 0 Å². The lowest BCUT2D eigenvalue weighted by atomic mass is 10.0. The minimum Gasteiger partial charge on any atom is -0.396 e. The first kappa shape index (κ1) is 23.7. The molecule has 6 rings (SSSR count). The molecule has 1 fully saturated rings. The van der Waals surface area contributed by atoms with Crippen molar-refractivity contribution in [3.63, 3.8) is 0 Å². The van der Waals surface area contributed by atoms with Crippen LogP contribution >= 0.6 is 11.3 Å². The second kappa shape index (κ2) is 9.31. The van der Waals surface area contributed by atoms with Gasteiger partial charge < -0.3 is 26.0 Å². The predicted octanol–water partition coefficient (Wildman–Crippen LogP) is 4.22. The van der Waals surface area contributed by atoms with Crippen LogP contribution in [0.15, 0.2) is 60.8 Å². The first-order valence-corrected chi connectivity index (χ1v) is 12.9. The van der Waals surface area contributed by atoms with Gasteiger partial charge in [0.25, 0.3) is 0 Å². The van der Waals surface area contributed by atoms with Crippen molar-refractivity contribution in [2.24, 2.45) is 5.92 Å². The minimum atomic E-state index is -1.65. The van der Waals surface area contributed by atoms with Crippen LogP contribution in [0.25, 0.3) is 31.7 Å². The third-order valence-corrected chi connectivity index (χ3v) is 7.93. The molecular weight excluding hydrogens is 488 g/mol. The topological polar surface area (TPSA) is 136 Å². The Hall–Kier alpha value is -3.70. The summed E-state index contributed by atoms with van der Waals surface area (Å²) in [5, 5.41) is 39.8. The number of fused-ring (bicyclic) bond motifs is 2. The van der Waals surface area contributed by atoms with Gasteiger partial charge in [0.15, 0.2) is 5.72 Å². The molecule has 0 radical (unpaired) electrons. The normalized spacial score (nSPS) is 21.5. The number of benzene rings is 2. The summed E-state index contributed by atoms with van der Waals surface area (Å²) in [6.07, 6.45) is 1.32. The van der Waals surface area contributed by atoms with Crippen LogP contribution in [0, 0.1) is 12.8 Å². The highest BCUT2D eigenvalue weighted by Crippen LogP contribution is 2.41. The third-order valence-electron chi connectivity index (χ3n) is 6.88. The van der Waals surface area contributed by atoms with Crippen molar-refractivity contribution in [1.82, 2.24) is 19.9 Å². The van der Waals surface area contributed by atoms with Crippen LogP contribution in [0.3, 0.4) is 0 Å². The second-order valence-corrected chi connectivity index (χ2v) is 10.4. The maximum atomic E-state index is 11.4. The van der Waals surface area contributed by atoms with E-state index in [1.807, 2.05) is 61.5 Å². The van der Waals surface area contributed by atoms with Gasteiger partial charge in [0.2, 0.25) is 5.95 Å². The summed E-state index contributed by atoms with van der Waals surface area (Å²) in [6, 6.07) is 17.5. The molecule has 9 nitrogen and oxygen atoms in total. The summed E-state index contributed by atoms with van der Waals surface area (Å²) in [4.78, 5) is 18.8. The van der Waals surface area contributed by atoms with Gasteiger partial charge in [-0.25, -0.2) is 9.97 Å². The van der Waals surface area contributed by atoms with Crippen molar-refractivity contribution in [2.75, 3.05) is 17.2 Å². The molecule has 1 saturated carbocycles. The van der Waals surface area contributed by atoms with Gasteiger partial charge in [-0.3, -0.25) is 4.98 Å². The number of nitrogens with one attached hydrogen (secondary N) is 2. The molecule has 0 spiro atoms. The molecule has 3 unspecified atom stereocenters. The molecule has 3 atom stereocenters. The van der Waals surface area contributed by atoms with E-state index in [1.54, 1.807) is 6.20 Å².